The molecule has 2 N–H and O–H groups in total. The molecule has 0 amide bonds. The lowest BCUT2D eigenvalue weighted by molar-refractivity contribution is -0.384. The van der Waals surface area contributed by atoms with Gasteiger partial charge in [0.2, 0.25) is 0 Å². The van der Waals surface area contributed by atoms with Crippen LogP contribution in [0.2, 0.25) is 0 Å². The molecule has 0 radical (unpaired) electrons. The first-order chi connectivity index (χ1) is 7.13. The lowest BCUT2D eigenvalue weighted by atomic mass is 10.3. The van der Waals surface area contributed by atoms with Crippen LogP contribution >= 0.6 is 0 Å². The van der Waals surface area contributed by atoms with E-state index < -0.39 is 17.6 Å². The van der Waals surface area contributed by atoms with Gasteiger partial charge in [0, 0.05) is 6.07 Å². The molecule has 0 saturated heterocycles. The summed E-state index contributed by atoms with van der Waals surface area (Å²) in [7, 11) is 0. The smallest absolute Gasteiger partial charge is 0.273 e. The minimum absolute atomic E-state index is 0.0778. The maximum atomic E-state index is 10.4. The van der Waals surface area contributed by atoms with Gasteiger partial charge in [-0.2, -0.15) is 0 Å². The number of benzene rings is 1. The van der Waals surface area contributed by atoms with Crippen molar-refractivity contribution in [3.63, 3.8) is 0 Å². The fraction of sp³-hybridized carbons (Fsp3) is 0.333. The molecule has 1 rings (SSSR count). The zero-order valence-electron chi connectivity index (χ0n) is 7.87. The largest absolute Gasteiger partial charge is 0.491 e. The molecule has 0 aliphatic carbocycles. The first-order valence-corrected chi connectivity index (χ1v) is 4.29. The van der Waals surface area contributed by atoms with Gasteiger partial charge in [0.05, 0.1) is 17.6 Å². The topological polar surface area (TPSA) is 92.8 Å². The molecule has 82 valence electrons. The van der Waals surface area contributed by atoms with Crippen LogP contribution < -0.4 is 4.74 Å². The van der Waals surface area contributed by atoms with Gasteiger partial charge in [-0.15, -0.1) is 0 Å². The first-order valence-electron chi connectivity index (χ1n) is 4.29. The predicted octanol–water partition coefficient (Wildman–Crippen LogP) is 0.327. The van der Waals surface area contributed by atoms with Crippen LogP contribution in [0.4, 0.5) is 5.69 Å². The molecule has 6 nitrogen and oxygen atoms in total. The van der Waals surface area contributed by atoms with Gasteiger partial charge < -0.3 is 14.9 Å². The van der Waals surface area contributed by atoms with Gasteiger partial charge in [-0.3, -0.25) is 10.1 Å². The van der Waals surface area contributed by atoms with Gasteiger partial charge in [0.25, 0.3) is 5.69 Å². The lowest BCUT2D eigenvalue weighted by Crippen LogP contribution is -2.21. The number of aliphatic hydroxyl groups excluding tert-OH is 2. The number of rotatable bonds is 5. The highest BCUT2D eigenvalue weighted by Crippen LogP contribution is 2.18. The summed E-state index contributed by atoms with van der Waals surface area (Å²) in [5, 5.41) is 27.9. The van der Waals surface area contributed by atoms with Crippen LogP contribution in [0, 0.1) is 10.1 Å². The predicted molar refractivity (Wildman–Crippen MR) is 51.7 cm³/mol. The maximum absolute atomic E-state index is 10.4. The second-order valence-corrected chi connectivity index (χ2v) is 2.90. The van der Waals surface area contributed by atoms with Crippen LogP contribution in [-0.2, 0) is 0 Å². The molecule has 1 aromatic rings. The summed E-state index contributed by atoms with van der Waals surface area (Å²) in [6.45, 7) is -0.507. The highest BCUT2D eigenvalue weighted by atomic mass is 16.6. The van der Waals surface area contributed by atoms with E-state index in [4.69, 9.17) is 14.9 Å². The number of nitrogens with zero attached hydrogens (tertiary/aromatic N) is 1. The molecular weight excluding hydrogens is 202 g/mol. The van der Waals surface area contributed by atoms with Gasteiger partial charge in [-0.05, 0) is 6.07 Å². The monoisotopic (exact) mass is 213 g/mol. The summed E-state index contributed by atoms with van der Waals surface area (Å²) in [5.41, 5.74) is -0.0778. The van der Waals surface area contributed by atoms with Gasteiger partial charge in [0.15, 0.2) is 0 Å². The second-order valence-electron chi connectivity index (χ2n) is 2.90. The molecule has 6 heteroatoms. The van der Waals surface area contributed by atoms with Crippen LogP contribution in [0.25, 0.3) is 0 Å². The molecule has 1 aromatic carbocycles. The van der Waals surface area contributed by atoms with E-state index in [0.29, 0.717) is 0 Å². The molecule has 0 fully saturated rings. The van der Waals surface area contributed by atoms with Crippen LogP contribution in [0.15, 0.2) is 24.3 Å². The molecule has 0 heterocycles. The molecular formula is C9H11NO5. The van der Waals surface area contributed by atoms with Crippen LogP contribution in [0.5, 0.6) is 5.75 Å². The number of nitro benzene ring substituents is 1. The molecule has 0 spiro atoms. The Morgan fingerprint density at radius 3 is 2.87 bits per heavy atom. The number of aliphatic hydroxyl groups is 2. The molecule has 0 bridgehead atoms. The number of hydrogen-bond donors (Lipinski definition) is 2. The van der Waals surface area contributed by atoms with E-state index in [1.807, 2.05) is 0 Å². The van der Waals surface area contributed by atoms with E-state index in [0.717, 1.165) is 0 Å². The van der Waals surface area contributed by atoms with Crippen molar-refractivity contribution in [3.05, 3.63) is 34.4 Å². The van der Waals surface area contributed by atoms with Crippen molar-refractivity contribution in [2.24, 2.45) is 0 Å². The molecule has 15 heavy (non-hydrogen) atoms. The number of ether oxygens (including phenoxy) is 1. The fourth-order valence-corrected chi connectivity index (χ4v) is 0.932. The average molecular weight is 213 g/mol. The Bertz CT molecular complexity index is 341. The Morgan fingerprint density at radius 2 is 2.27 bits per heavy atom. The molecule has 0 aliphatic rings. The van der Waals surface area contributed by atoms with E-state index >= 15 is 0 Å². The van der Waals surface area contributed by atoms with Gasteiger partial charge >= 0.3 is 0 Å². The molecule has 0 unspecified atom stereocenters. The third-order valence-corrected chi connectivity index (χ3v) is 1.68. The molecule has 0 aliphatic heterocycles. The third kappa shape index (κ3) is 3.53. The standard InChI is InChI=1S/C9H11NO5/c11-5-8(12)6-15-9-3-1-2-7(4-9)10(13)14/h1-4,8,11-12H,5-6H2/t8-/m1/s1. The van der Waals surface area contributed by atoms with Crippen molar-refractivity contribution in [2.45, 2.75) is 6.10 Å². The van der Waals surface area contributed by atoms with Crippen molar-refractivity contribution in [1.29, 1.82) is 0 Å². The minimum Gasteiger partial charge on any atom is -0.491 e. The highest BCUT2D eigenvalue weighted by molar-refractivity contribution is 5.37. The van der Waals surface area contributed by atoms with Crippen molar-refractivity contribution in [3.8, 4) is 5.75 Å². The van der Waals surface area contributed by atoms with E-state index in [2.05, 4.69) is 0 Å². The minimum atomic E-state index is -0.982. The van der Waals surface area contributed by atoms with Gasteiger partial charge in [-0.1, -0.05) is 6.07 Å². The Hall–Kier alpha value is -1.66. The summed E-state index contributed by atoms with van der Waals surface area (Å²) in [5.74, 6) is 0.289. The van der Waals surface area contributed by atoms with Crippen molar-refractivity contribution >= 4 is 5.69 Å². The Morgan fingerprint density at radius 1 is 1.53 bits per heavy atom. The summed E-state index contributed by atoms with van der Waals surface area (Å²) in [6.07, 6.45) is -0.982. The lowest BCUT2D eigenvalue weighted by Gasteiger charge is -2.09. The van der Waals surface area contributed by atoms with Crippen molar-refractivity contribution < 1.29 is 19.9 Å². The molecule has 1 atom stereocenters. The quantitative estimate of drug-likeness (QED) is 0.543. The number of nitro groups is 1. The fourth-order valence-electron chi connectivity index (χ4n) is 0.932. The van der Waals surface area contributed by atoms with Crippen LogP contribution in [0.3, 0.4) is 0 Å². The Kier molecular flexibility index (Phi) is 4.02. The maximum Gasteiger partial charge on any atom is 0.273 e. The summed E-state index contributed by atoms with van der Waals surface area (Å²) < 4.78 is 5.04. The normalized spacial score (nSPS) is 12.1. The third-order valence-electron chi connectivity index (χ3n) is 1.68. The van der Waals surface area contributed by atoms with Crippen LogP contribution in [-0.4, -0.2) is 34.5 Å². The molecule has 0 aromatic heterocycles. The summed E-state index contributed by atoms with van der Waals surface area (Å²) >= 11 is 0. The van der Waals surface area contributed by atoms with Gasteiger partial charge in [0.1, 0.15) is 18.5 Å². The highest BCUT2D eigenvalue weighted by Gasteiger charge is 2.07. The zero-order valence-corrected chi connectivity index (χ0v) is 7.87. The zero-order chi connectivity index (χ0) is 11.3. The first kappa shape index (κ1) is 11.4. The average Bonchev–Trinajstić information content (AvgIpc) is 2.26. The van der Waals surface area contributed by atoms with E-state index in [1.165, 1.54) is 24.3 Å². The second kappa shape index (κ2) is 5.28. The van der Waals surface area contributed by atoms with Crippen molar-refractivity contribution in [1.82, 2.24) is 0 Å². The SMILES string of the molecule is O=[N+]([O-])c1cccc(OC[C@H](O)CO)c1. The van der Waals surface area contributed by atoms with Gasteiger partial charge in [-0.25, -0.2) is 0 Å². The number of non-ortho nitro benzene ring substituents is 1. The van der Waals surface area contributed by atoms with E-state index in [1.54, 1.807) is 0 Å². The summed E-state index contributed by atoms with van der Waals surface area (Å²) in [4.78, 5) is 9.88. The Labute approximate surface area is 85.9 Å². The van der Waals surface area contributed by atoms with E-state index in [9.17, 15) is 10.1 Å². The summed E-state index contributed by atoms with van der Waals surface area (Å²) in [6, 6.07) is 5.62. The van der Waals surface area contributed by atoms with Crippen molar-refractivity contribution in [2.75, 3.05) is 13.2 Å². The van der Waals surface area contributed by atoms with Crippen LogP contribution in [0.1, 0.15) is 0 Å². The molecule has 0 saturated carbocycles. The Balaban J connectivity index is 2.62. The van der Waals surface area contributed by atoms with E-state index in [-0.39, 0.29) is 18.0 Å². The number of hydrogen-bond acceptors (Lipinski definition) is 5.